The fraction of sp³-hybridized carbons (Fsp3) is 0.417. The summed E-state index contributed by atoms with van der Waals surface area (Å²) in [5, 5.41) is 0. The molecule has 1 aliphatic rings. The van der Waals surface area contributed by atoms with Crippen molar-refractivity contribution in [3.05, 3.63) is 35.4 Å². The molecule has 0 spiro atoms. The average molecular weight is 187 g/mol. The van der Waals surface area contributed by atoms with Crippen molar-refractivity contribution in [3.8, 4) is 0 Å². The van der Waals surface area contributed by atoms with E-state index >= 15 is 0 Å². The molecule has 72 valence electrons. The molecule has 2 heteroatoms. The molecule has 0 N–H and O–H groups in total. The van der Waals surface area contributed by atoms with Crippen molar-refractivity contribution >= 4 is 6.08 Å². The van der Waals surface area contributed by atoms with Crippen molar-refractivity contribution in [2.45, 2.75) is 31.7 Å². The minimum atomic E-state index is -0.0516. The summed E-state index contributed by atoms with van der Waals surface area (Å²) in [5.74, 6) is 0.704. The summed E-state index contributed by atoms with van der Waals surface area (Å²) in [6.45, 7) is 1.94. The van der Waals surface area contributed by atoms with Crippen LogP contribution >= 0.6 is 0 Å². The molecule has 0 bridgehead atoms. The quantitative estimate of drug-likeness (QED) is 0.528. The van der Waals surface area contributed by atoms with Gasteiger partial charge in [-0.05, 0) is 36.8 Å². The van der Waals surface area contributed by atoms with Gasteiger partial charge in [-0.25, -0.2) is 4.79 Å². The Morgan fingerprint density at radius 3 is 2.79 bits per heavy atom. The zero-order valence-electron chi connectivity index (χ0n) is 8.23. The minimum Gasteiger partial charge on any atom is -0.211 e. The Morgan fingerprint density at radius 2 is 2.14 bits per heavy atom. The first-order valence-electron chi connectivity index (χ1n) is 4.98. The van der Waals surface area contributed by atoms with Crippen LogP contribution < -0.4 is 0 Å². The molecule has 1 aromatic rings. The second kappa shape index (κ2) is 3.77. The lowest BCUT2D eigenvalue weighted by molar-refractivity contribution is 0.559. The van der Waals surface area contributed by atoms with Gasteiger partial charge in [0.2, 0.25) is 6.08 Å². The van der Waals surface area contributed by atoms with E-state index in [-0.39, 0.29) is 6.04 Å². The number of rotatable bonds is 3. The SMILES string of the molecule is CC(N=C=O)c1ccccc1C1CC1. The predicted molar refractivity (Wildman–Crippen MR) is 55.0 cm³/mol. The highest BCUT2D eigenvalue weighted by Crippen LogP contribution is 2.43. The molecule has 0 heterocycles. The molecule has 0 saturated heterocycles. The summed E-state index contributed by atoms with van der Waals surface area (Å²) in [4.78, 5) is 14.0. The van der Waals surface area contributed by atoms with E-state index in [1.807, 2.05) is 13.0 Å². The monoisotopic (exact) mass is 187 g/mol. The number of isocyanates is 1. The van der Waals surface area contributed by atoms with Crippen molar-refractivity contribution < 1.29 is 4.79 Å². The highest BCUT2D eigenvalue weighted by molar-refractivity contribution is 5.39. The summed E-state index contributed by atoms with van der Waals surface area (Å²) in [5.41, 5.74) is 2.54. The van der Waals surface area contributed by atoms with Crippen molar-refractivity contribution in [1.82, 2.24) is 0 Å². The summed E-state index contributed by atoms with van der Waals surface area (Å²) >= 11 is 0. The van der Waals surface area contributed by atoms with E-state index in [9.17, 15) is 4.79 Å². The lowest BCUT2D eigenvalue weighted by atomic mass is 9.98. The van der Waals surface area contributed by atoms with Gasteiger partial charge in [-0.15, -0.1) is 0 Å². The number of hydrogen-bond donors (Lipinski definition) is 0. The molecule has 2 rings (SSSR count). The first-order valence-corrected chi connectivity index (χ1v) is 4.98. The Balaban J connectivity index is 2.35. The van der Waals surface area contributed by atoms with Crippen LogP contribution in [0.25, 0.3) is 0 Å². The van der Waals surface area contributed by atoms with Crippen molar-refractivity contribution in [1.29, 1.82) is 0 Å². The van der Waals surface area contributed by atoms with Crippen LogP contribution in [-0.2, 0) is 4.79 Å². The maximum absolute atomic E-state index is 10.2. The molecule has 1 atom stereocenters. The molecule has 1 fully saturated rings. The standard InChI is InChI=1S/C12H13NO/c1-9(13-8-14)11-4-2-3-5-12(11)10-6-7-10/h2-5,9-10H,6-7H2,1H3. The highest BCUT2D eigenvalue weighted by Gasteiger charge is 2.26. The minimum absolute atomic E-state index is 0.0516. The second-order valence-electron chi connectivity index (χ2n) is 3.80. The molecule has 0 aromatic heterocycles. The molecule has 14 heavy (non-hydrogen) atoms. The summed E-state index contributed by atoms with van der Waals surface area (Å²) < 4.78 is 0. The van der Waals surface area contributed by atoms with E-state index < -0.39 is 0 Å². The fourth-order valence-corrected chi connectivity index (χ4v) is 1.81. The second-order valence-corrected chi connectivity index (χ2v) is 3.80. The Labute approximate surface area is 83.7 Å². The first kappa shape index (κ1) is 9.17. The molecule has 1 aliphatic carbocycles. The molecule has 1 saturated carbocycles. The van der Waals surface area contributed by atoms with Crippen LogP contribution in [0.3, 0.4) is 0 Å². The van der Waals surface area contributed by atoms with E-state index in [0.717, 1.165) is 0 Å². The summed E-state index contributed by atoms with van der Waals surface area (Å²) in [6.07, 6.45) is 4.17. The zero-order chi connectivity index (χ0) is 9.97. The van der Waals surface area contributed by atoms with Crippen LogP contribution in [0.2, 0.25) is 0 Å². The average Bonchev–Trinajstić information content (AvgIpc) is 3.01. The Hall–Kier alpha value is -1.40. The molecule has 2 nitrogen and oxygen atoms in total. The van der Waals surface area contributed by atoms with Crippen molar-refractivity contribution in [2.75, 3.05) is 0 Å². The normalized spacial score (nSPS) is 17.2. The van der Waals surface area contributed by atoms with E-state index in [1.54, 1.807) is 6.08 Å². The van der Waals surface area contributed by atoms with E-state index in [4.69, 9.17) is 0 Å². The van der Waals surface area contributed by atoms with E-state index in [1.165, 1.54) is 24.0 Å². The van der Waals surface area contributed by atoms with Gasteiger partial charge in [0, 0.05) is 0 Å². The van der Waals surface area contributed by atoms with Crippen molar-refractivity contribution in [3.63, 3.8) is 0 Å². The molecule has 0 amide bonds. The predicted octanol–water partition coefficient (Wildman–Crippen LogP) is 2.96. The van der Waals surface area contributed by atoms with Crippen molar-refractivity contribution in [2.24, 2.45) is 4.99 Å². The maximum Gasteiger partial charge on any atom is 0.235 e. The maximum atomic E-state index is 10.2. The fourth-order valence-electron chi connectivity index (χ4n) is 1.81. The topological polar surface area (TPSA) is 29.4 Å². The third kappa shape index (κ3) is 1.75. The van der Waals surface area contributed by atoms with E-state index in [0.29, 0.717) is 5.92 Å². The lowest BCUT2D eigenvalue weighted by Gasteiger charge is -2.10. The van der Waals surface area contributed by atoms with Crippen LogP contribution in [0, 0.1) is 0 Å². The van der Waals surface area contributed by atoms with E-state index in [2.05, 4.69) is 23.2 Å². The molecule has 0 radical (unpaired) electrons. The number of hydrogen-bond acceptors (Lipinski definition) is 2. The largest absolute Gasteiger partial charge is 0.235 e. The van der Waals surface area contributed by atoms with Gasteiger partial charge in [0.05, 0.1) is 6.04 Å². The highest BCUT2D eigenvalue weighted by atomic mass is 16.1. The van der Waals surface area contributed by atoms with Crippen LogP contribution in [0.5, 0.6) is 0 Å². The third-order valence-corrected chi connectivity index (χ3v) is 2.71. The smallest absolute Gasteiger partial charge is 0.211 e. The summed E-state index contributed by atoms with van der Waals surface area (Å²) in [7, 11) is 0. The number of benzene rings is 1. The Kier molecular flexibility index (Phi) is 2.47. The van der Waals surface area contributed by atoms with Gasteiger partial charge in [0.1, 0.15) is 0 Å². The molecular weight excluding hydrogens is 174 g/mol. The van der Waals surface area contributed by atoms with Gasteiger partial charge in [-0.1, -0.05) is 24.3 Å². The van der Waals surface area contributed by atoms with Gasteiger partial charge >= 0.3 is 0 Å². The summed E-state index contributed by atoms with van der Waals surface area (Å²) in [6, 6.07) is 8.19. The Morgan fingerprint density at radius 1 is 1.43 bits per heavy atom. The lowest BCUT2D eigenvalue weighted by Crippen LogP contribution is -1.95. The van der Waals surface area contributed by atoms with Gasteiger partial charge in [-0.2, -0.15) is 4.99 Å². The van der Waals surface area contributed by atoms with Gasteiger partial charge < -0.3 is 0 Å². The van der Waals surface area contributed by atoms with Gasteiger partial charge in [0.25, 0.3) is 0 Å². The molecule has 0 aliphatic heterocycles. The van der Waals surface area contributed by atoms with Crippen LogP contribution in [-0.4, -0.2) is 6.08 Å². The zero-order valence-corrected chi connectivity index (χ0v) is 8.23. The third-order valence-electron chi connectivity index (χ3n) is 2.71. The number of nitrogens with zero attached hydrogens (tertiary/aromatic N) is 1. The van der Waals surface area contributed by atoms with Crippen LogP contribution in [0.15, 0.2) is 29.3 Å². The Bertz CT molecular complexity index is 376. The number of aliphatic imine (C=N–C) groups is 1. The van der Waals surface area contributed by atoms with Gasteiger partial charge in [0.15, 0.2) is 0 Å². The molecule has 1 aromatic carbocycles. The first-order chi connectivity index (χ1) is 6.83. The number of carbonyl (C=O) groups excluding carboxylic acids is 1. The molecular formula is C12H13NO. The van der Waals surface area contributed by atoms with Crippen LogP contribution in [0.4, 0.5) is 0 Å². The van der Waals surface area contributed by atoms with Crippen LogP contribution in [0.1, 0.15) is 42.9 Å². The van der Waals surface area contributed by atoms with Gasteiger partial charge in [-0.3, -0.25) is 0 Å². The molecule has 1 unspecified atom stereocenters.